The maximum atomic E-state index is 12.5. The summed E-state index contributed by atoms with van der Waals surface area (Å²) in [4.78, 5) is 6.60. The molecule has 0 bridgehead atoms. The summed E-state index contributed by atoms with van der Waals surface area (Å²) < 4.78 is 35.3. The average Bonchev–Trinajstić information content (AvgIpc) is 3.15. The Morgan fingerprint density at radius 2 is 1.90 bits per heavy atom. The molecule has 0 amide bonds. The molecule has 1 aliphatic rings. The van der Waals surface area contributed by atoms with Crippen molar-refractivity contribution < 1.29 is 13.2 Å². The quantitative estimate of drug-likeness (QED) is 0.609. The van der Waals surface area contributed by atoms with Crippen LogP contribution in [-0.2, 0) is 27.8 Å². The van der Waals surface area contributed by atoms with Crippen LogP contribution in [0.25, 0.3) is 11.0 Å². The fourth-order valence-electron chi connectivity index (χ4n) is 3.59. The minimum absolute atomic E-state index is 0.00774. The summed E-state index contributed by atoms with van der Waals surface area (Å²) in [6.07, 6.45) is 1.54. The van der Waals surface area contributed by atoms with Crippen LogP contribution in [0.1, 0.15) is 5.56 Å². The summed E-state index contributed by atoms with van der Waals surface area (Å²) in [5.74, 6) is 0.00774. The Morgan fingerprint density at radius 1 is 1.10 bits per heavy atom. The van der Waals surface area contributed by atoms with Crippen molar-refractivity contribution in [2.24, 2.45) is 0 Å². The third kappa shape index (κ3) is 5.42. The topological polar surface area (TPSA) is 76.5 Å². The van der Waals surface area contributed by atoms with Crippen LogP contribution in [0.3, 0.4) is 0 Å². The van der Waals surface area contributed by atoms with Crippen LogP contribution < -0.4 is 4.72 Å². The Balaban J connectivity index is 1.27. The summed E-state index contributed by atoms with van der Waals surface area (Å²) in [6, 6.07) is 18.0. The van der Waals surface area contributed by atoms with E-state index in [0.29, 0.717) is 19.7 Å². The number of benzene rings is 2. The van der Waals surface area contributed by atoms with Gasteiger partial charge in [-0.25, -0.2) is 18.1 Å². The molecule has 1 aliphatic heterocycles. The molecule has 0 radical (unpaired) electrons. The number of fused-ring (bicyclic) bond motifs is 1. The van der Waals surface area contributed by atoms with Crippen LogP contribution in [-0.4, -0.2) is 61.0 Å². The van der Waals surface area contributed by atoms with Crippen LogP contribution in [0, 0.1) is 0 Å². The smallest absolute Gasteiger partial charge is 0.213 e. The third-order valence-electron chi connectivity index (χ3n) is 5.13. The number of aromatic nitrogens is 2. The molecular formula is C21H26N4O3S. The van der Waals surface area contributed by atoms with Gasteiger partial charge in [-0.15, -0.1) is 0 Å². The molecule has 154 valence electrons. The van der Waals surface area contributed by atoms with Gasteiger partial charge in [-0.05, 0) is 17.7 Å². The molecule has 0 aliphatic carbocycles. The summed E-state index contributed by atoms with van der Waals surface area (Å²) in [5, 5.41) is 0. The number of para-hydroxylation sites is 2. The summed E-state index contributed by atoms with van der Waals surface area (Å²) in [6.45, 7) is 3.68. The Hall–Kier alpha value is -2.26. The number of sulfonamides is 1. The van der Waals surface area contributed by atoms with Gasteiger partial charge in [0.15, 0.2) is 0 Å². The van der Waals surface area contributed by atoms with E-state index in [2.05, 4.69) is 26.7 Å². The molecule has 1 N–H and O–H groups in total. The highest BCUT2D eigenvalue weighted by molar-refractivity contribution is 7.89. The van der Waals surface area contributed by atoms with E-state index in [1.54, 1.807) is 6.33 Å². The molecule has 2 aromatic carbocycles. The van der Waals surface area contributed by atoms with Crippen molar-refractivity contribution >= 4 is 21.1 Å². The number of nitrogens with zero attached hydrogens (tertiary/aromatic N) is 3. The molecule has 0 saturated carbocycles. The highest BCUT2D eigenvalue weighted by Gasteiger charge is 2.22. The fourth-order valence-corrected chi connectivity index (χ4v) is 4.61. The Morgan fingerprint density at radius 3 is 2.76 bits per heavy atom. The van der Waals surface area contributed by atoms with Gasteiger partial charge in [-0.2, -0.15) is 0 Å². The first-order valence-electron chi connectivity index (χ1n) is 9.84. The SMILES string of the molecule is O=S(=O)(CCn1cnc2ccccc21)NC[C@H]1CN(Cc2ccccc2)CCO1. The maximum absolute atomic E-state index is 12.5. The van der Waals surface area contributed by atoms with Gasteiger partial charge in [0.05, 0.1) is 35.8 Å². The van der Waals surface area contributed by atoms with Gasteiger partial charge in [-0.1, -0.05) is 42.5 Å². The summed E-state index contributed by atoms with van der Waals surface area (Å²) in [7, 11) is -3.40. The molecule has 7 nitrogen and oxygen atoms in total. The molecule has 8 heteroatoms. The lowest BCUT2D eigenvalue weighted by Gasteiger charge is -2.33. The number of ether oxygens (including phenoxy) is 1. The van der Waals surface area contributed by atoms with Crippen molar-refractivity contribution in [1.29, 1.82) is 0 Å². The number of hydrogen-bond acceptors (Lipinski definition) is 5. The second-order valence-corrected chi connectivity index (χ2v) is 9.23. The summed E-state index contributed by atoms with van der Waals surface area (Å²) >= 11 is 0. The van der Waals surface area contributed by atoms with E-state index in [1.807, 2.05) is 47.0 Å². The average molecular weight is 415 g/mol. The molecule has 29 heavy (non-hydrogen) atoms. The molecule has 3 aromatic rings. The normalized spacial score (nSPS) is 18.3. The van der Waals surface area contributed by atoms with Crippen molar-refractivity contribution in [1.82, 2.24) is 19.2 Å². The van der Waals surface area contributed by atoms with Crippen molar-refractivity contribution in [3.05, 3.63) is 66.5 Å². The van der Waals surface area contributed by atoms with E-state index < -0.39 is 10.0 Å². The number of rotatable bonds is 8. The van der Waals surface area contributed by atoms with Crippen molar-refractivity contribution in [2.45, 2.75) is 19.2 Å². The molecular weight excluding hydrogens is 388 g/mol. The summed E-state index contributed by atoms with van der Waals surface area (Å²) in [5.41, 5.74) is 3.06. The van der Waals surface area contributed by atoms with Gasteiger partial charge in [0, 0.05) is 32.7 Å². The Kier molecular flexibility index (Phi) is 6.25. The van der Waals surface area contributed by atoms with E-state index >= 15 is 0 Å². The second-order valence-electron chi connectivity index (χ2n) is 7.31. The van der Waals surface area contributed by atoms with Gasteiger partial charge in [0.25, 0.3) is 0 Å². The van der Waals surface area contributed by atoms with Crippen LogP contribution >= 0.6 is 0 Å². The highest BCUT2D eigenvalue weighted by atomic mass is 32.2. The van der Waals surface area contributed by atoms with E-state index in [1.165, 1.54) is 5.56 Å². The molecule has 1 fully saturated rings. The zero-order valence-electron chi connectivity index (χ0n) is 16.3. The maximum Gasteiger partial charge on any atom is 0.213 e. The van der Waals surface area contributed by atoms with Gasteiger partial charge in [-0.3, -0.25) is 4.90 Å². The largest absolute Gasteiger partial charge is 0.374 e. The zero-order valence-corrected chi connectivity index (χ0v) is 17.1. The molecule has 2 heterocycles. The first-order valence-corrected chi connectivity index (χ1v) is 11.5. The first kappa shape index (κ1) is 20.0. The van der Waals surface area contributed by atoms with Crippen LogP contribution in [0.2, 0.25) is 0 Å². The zero-order chi connectivity index (χ0) is 20.1. The number of aryl methyl sites for hydroxylation is 1. The van der Waals surface area contributed by atoms with E-state index in [9.17, 15) is 8.42 Å². The predicted octanol–water partition coefficient (Wildman–Crippen LogP) is 1.86. The highest BCUT2D eigenvalue weighted by Crippen LogP contribution is 2.12. The van der Waals surface area contributed by atoms with Crippen LogP contribution in [0.15, 0.2) is 60.9 Å². The number of hydrogen-bond donors (Lipinski definition) is 1. The number of nitrogens with one attached hydrogen (secondary N) is 1. The molecule has 0 spiro atoms. The number of imidazole rings is 1. The molecule has 1 saturated heterocycles. The fraction of sp³-hybridized carbons (Fsp3) is 0.381. The van der Waals surface area contributed by atoms with Crippen molar-refractivity contribution in [2.75, 3.05) is 32.0 Å². The van der Waals surface area contributed by atoms with Gasteiger partial charge < -0.3 is 9.30 Å². The lowest BCUT2D eigenvalue weighted by atomic mass is 10.2. The minimum Gasteiger partial charge on any atom is -0.374 e. The number of morpholine rings is 1. The van der Waals surface area contributed by atoms with Crippen LogP contribution in [0.4, 0.5) is 0 Å². The Bertz CT molecular complexity index is 1040. The lowest BCUT2D eigenvalue weighted by molar-refractivity contribution is -0.0276. The Labute approximate surface area is 171 Å². The molecule has 1 atom stereocenters. The van der Waals surface area contributed by atoms with E-state index in [-0.39, 0.29) is 18.4 Å². The van der Waals surface area contributed by atoms with Gasteiger partial charge in [0.2, 0.25) is 10.0 Å². The van der Waals surface area contributed by atoms with Gasteiger partial charge in [0.1, 0.15) is 0 Å². The second kappa shape index (κ2) is 9.04. The molecule has 0 unspecified atom stereocenters. The first-order chi connectivity index (χ1) is 14.1. The molecule has 1 aromatic heterocycles. The third-order valence-corrected chi connectivity index (χ3v) is 6.46. The monoisotopic (exact) mass is 414 g/mol. The molecule has 4 rings (SSSR count). The van der Waals surface area contributed by atoms with E-state index in [0.717, 1.165) is 24.1 Å². The van der Waals surface area contributed by atoms with Gasteiger partial charge >= 0.3 is 0 Å². The predicted molar refractivity (Wildman–Crippen MR) is 113 cm³/mol. The standard InChI is InChI=1S/C21H26N4O3S/c26-29(27,13-11-25-17-22-20-8-4-5-9-21(20)25)23-14-19-16-24(10-12-28-19)15-18-6-2-1-3-7-18/h1-9,17,19,23H,10-16H2/t19-/m0/s1. The van der Waals surface area contributed by atoms with Crippen molar-refractivity contribution in [3.63, 3.8) is 0 Å². The minimum atomic E-state index is -3.40. The van der Waals surface area contributed by atoms with Crippen molar-refractivity contribution in [3.8, 4) is 0 Å². The van der Waals surface area contributed by atoms with E-state index in [4.69, 9.17) is 4.74 Å². The van der Waals surface area contributed by atoms with Crippen LogP contribution in [0.5, 0.6) is 0 Å². The lowest BCUT2D eigenvalue weighted by Crippen LogP contribution is -2.47.